The molecule has 45 heavy (non-hydrogen) atoms. The molecular weight excluding hydrogens is 606 g/mol. The predicted octanol–water partition coefficient (Wildman–Crippen LogP) is 7.70. The topological polar surface area (TPSA) is 81.5 Å². The van der Waals surface area contributed by atoms with Crippen LogP contribution in [0.15, 0.2) is 48.5 Å². The van der Waals surface area contributed by atoms with Crippen LogP contribution in [0, 0.1) is 6.92 Å². The summed E-state index contributed by atoms with van der Waals surface area (Å²) >= 11 is 7.93. The van der Waals surface area contributed by atoms with E-state index in [0.29, 0.717) is 11.1 Å². The van der Waals surface area contributed by atoms with Gasteiger partial charge in [-0.05, 0) is 95.6 Å². The van der Waals surface area contributed by atoms with E-state index in [2.05, 4.69) is 34.5 Å². The molecule has 1 aliphatic heterocycles. The first-order chi connectivity index (χ1) is 21.5. The normalized spacial score (nSPS) is 16.2. The number of benzene rings is 3. The molecule has 0 saturated carbocycles. The maximum Gasteiger partial charge on any atom is 0.339 e. The van der Waals surface area contributed by atoms with Gasteiger partial charge in [-0.15, -0.1) is 11.3 Å². The third kappa shape index (κ3) is 6.19. The number of esters is 1. The Morgan fingerprint density at radius 2 is 1.89 bits per heavy atom. The van der Waals surface area contributed by atoms with Gasteiger partial charge in [0.1, 0.15) is 5.01 Å². The summed E-state index contributed by atoms with van der Waals surface area (Å²) < 4.78 is 14.9. The fourth-order valence-corrected chi connectivity index (χ4v) is 7.42. The molecule has 1 N–H and O–H groups in total. The Labute approximate surface area is 273 Å². The third-order valence-electron chi connectivity index (χ3n) is 8.27. The van der Waals surface area contributed by atoms with Crippen molar-refractivity contribution in [2.45, 2.75) is 58.8 Å². The summed E-state index contributed by atoms with van der Waals surface area (Å²) in [6, 6.07) is 16.7. The van der Waals surface area contributed by atoms with Crippen LogP contribution in [0.1, 0.15) is 51.3 Å². The fraction of sp³-hybridized carbons (Fsp3) is 0.400. The van der Waals surface area contributed by atoms with E-state index < -0.39 is 17.7 Å². The van der Waals surface area contributed by atoms with Crippen molar-refractivity contribution in [3.63, 3.8) is 0 Å². The highest BCUT2D eigenvalue weighted by Crippen LogP contribution is 2.45. The highest BCUT2D eigenvalue weighted by Gasteiger charge is 2.34. The molecule has 10 heteroatoms. The first-order valence-electron chi connectivity index (χ1n) is 15.4. The van der Waals surface area contributed by atoms with E-state index in [1.165, 1.54) is 0 Å². The van der Waals surface area contributed by atoms with Crippen LogP contribution >= 0.6 is 22.9 Å². The van der Waals surface area contributed by atoms with E-state index in [9.17, 15) is 4.79 Å². The van der Waals surface area contributed by atoms with E-state index in [1.807, 2.05) is 77.7 Å². The van der Waals surface area contributed by atoms with Gasteiger partial charge in [-0.1, -0.05) is 23.7 Å². The monoisotopic (exact) mass is 645 g/mol. The number of carbonyl (C=O) groups excluding carboxylic acids is 1. The minimum atomic E-state index is -0.915. The van der Waals surface area contributed by atoms with E-state index in [0.717, 1.165) is 79.3 Å². The number of aryl methyl sites for hydroxylation is 2. The molecule has 5 aromatic rings. The number of hydrogen-bond acceptors (Lipinski definition) is 8. The van der Waals surface area contributed by atoms with E-state index >= 15 is 0 Å². The summed E-state index contributed by atoms with van der Waals surface area (Å²) in [5, 5.41) is 11.0. The lowest BCUT2D eigenvalue weighted by Gasteiger charge is -2.29. The summed E-state index contributed by atoms with van der Waals surface area (Å²) in [6.45, 7) is 11.8. The van der Waals surface area contributed by atoms with Gasteiger partial charge in [0.15, 0.2) is 11.9 Å². The Balaban J connectivity index is 1.54. The van der Waals surface area contributed by atoms with Gasteiger partial charge >= 0.3 is 5.97 Å². The van der Waals surface area contributed by atoms with Gasteiger partial charge in [0, 0.05) is 53.3 Å². The lowest BCUT2D eigenvalue weighted by molar-refractivity contribution is -0.166. The molecule has 0 radical (unpaired) electrons. The van der Waals surface area contributed by atoms with Crippen molar-refractivity contribution in [3.8, 4) is 21.7 Å². The largest absolute Gasteiger partial charge is 0.464 e. The number of hydrogen-bond donors (Lipinski definition) is 1. The Kier molecular flexibility index (Phi) is 8.65. The predicted molar refractivity (Wildman–Crippen MR) is 184 cm³/mol. The van der Waals surface area contributed by atoms with E-state index in [1.54, 1.807) is 11.3 Å². The number of rotatable bonds is 8. The third-order valence-corrected chi connectivity index (χ3v) is 9.66. The first-order valence-corrected chi connectivity index (χ1v) is 16.6. The van der Waals surface area contributed by atoms with Gasteiger partial charge in [-0.3, -0.25) is 4.68 Å². The van der Waals surface area contributed by atoms with Crippen LogP contribution in [0.2, 0.25) is 5.02 Å². The minimum Gasteiger partial charge on any atom is -0.464 e. The molecule has 2 atom stereocenters. The summed E-state index contributed by atoms with van der Waals surface area (Å²) in [5.74, 6) is 0.594. The van der Waals surface area contributed by atoms with Crippen LogP contribution in [0.3, 0.4) is 0 Å². The highest BCUT2D eigenvalue weighted by atomic mass is 35.5. The molecule has 0 spiro atoms. The van der Waals surface area contributed by atoms with Gasteiger partial charge < -0.3 is 19.7 Å². The van der Waals surface area contributed by atoms with Crippen LogP contribution in [-0.2, 0) is 21.3 Å². The van der Waals surface area contributed by atoms with Gasteiger partial charge in [0.25, 0.3) is 0 Å². The smallest absolute Gasteiger partial charge is 0.339 e. The average molecular weight is 646 g/mol. The lowest BCUT2D eigenvalue weighted by Crippen LogP contribution is -2.29. The second-order valence-corrected chi connectivity index (χ2v) is 14.1. The molecule has 3 aromatic carbocycles. The first kappa shape index (κ1) is 31.5. The number of nitrogens with zero attached hydrogens (tertiary/aromatic N) is 4. The quantitative estimate of drug-likeness (QED) is 0.173. The van der Waals surface area contributed by atoms with Gasteiger partial charge in [0.05, 0.1) is 27.9 Å². The standard InChI is InChI=1S/C35H40ClN5O3S/c1-8-43-34(42)30(44-35(3,4)5)28-20(2)17-26-31(29(28)21-9-12-23(36)13-10-21)45-33(38-26)22-11-14-27-25(18-22)32(39-40(27)7)41-16-15-24(19-41)37-6/h9-14,17-18,24,30,37H,8,15-16,19H2,1-7H3/t24-,30+/m1/s1. The summed E-state index contributed by atoms with van der Waals surface area (Å²) in [5.41, 5.74) is 5.91. The van der Waals surface area contributed by atoms with Crippen LogP contribution in [0.4, 0.5) is 5.82 Å². The number of aromatic nitrogens is 3. The number of anilines is 1. The zero-order valence-electron chi connectivity index (χ0n) is 26.9. The molecule has 2 aromatic heterocycles. The maximum absolute atomic E-state index is 13.5. The van der Waals surface area contributed by atoms with Gasteiger partial charge in [-0.25, -0.2) is 9.78 Å². The van der Waals surface area contributed by atoms with Crippen LogP contribution in [-0.4, -0.2) is 59.1 Å². The summed E-state index contributed by atoms with van der Waals surface area (Å²) in [4.78, 5) is 21.0. The Morgan fingerprint density at radius 3 is 2.56 bits per heavy atom. The van der Waals surface area contributed by atoms with Gasteiger partial charge in [0.2, 0.25) is 0 Å². The minimum absolute atomic E-state index is 0.261. The van der Waals surface area contributed by atoms with Crippen LogP contribution in [0.5, 0.6) is 0 Å². The van der Waals surface area contributed by atoms with E-state index in [4.69, 9.17) is 31.2 Å². The number of fused-ring (bicyclic) bond motifs is 2. The fourth-order valence-electron chi connectivity index (χ4n) is 6.17. The van der Waals surface area contributed by atoms with Crippen molar-refractivity contribution in [1.82, 2.24) is 20.1 Å². The second-order valence-electron chi connectivity index (χ2n) is 12.6. The number of halogens is 1. The molecule has 236 valence electrons. The molecule has 0 bridgehead atoms. The molecule has 0 aliphatic carbocycles. The Bertz CT molecular complexity index is 1870. The van der Waals surface area contributed by atoms with Crippen molar-refractivity contribution in [3.05, 3.63) is 64.7 Å². The van der Waals surface area contributed by atoms with E-state index in [-0.39, 0.29) is 6.61 Å². The maximum atomic E-state index is 13.5. The van der Waals surface area contributed by atoms with Crippen molar-refractivity contribution in [1.29, 1.82) is 0 Å². The number of thiazole rings is 1. The molecule has 8 nitrogen and oxygen atoms in total. The van der Waals surface area contributed by atoms with Crippen molar-refractivity contribution >= 4 is 55.8 Å². The molecular formula is C35H40ClN5O3S. The molecule has 1 saturated heterocycles. The number of nitrogens with one attached hydrogen (secondary N) is 1. The number of carbonyl (C=O) groups is 1. The van der Waals surface area contributed by atoms with Crippen molar-refractivity contribution < 1.29 is 14.3 Å². The second kappa shape index (κ2) is 12.4. The van der Waals surface area contributed by atoms with Crippen molar-refractivity contribution in [2.24, 2.45) is 7.05 Å². The molecule has 0 unspecified atom stereocenters. The Morgan fingerprint density at radius 1 is 1.16 bits per heavy atom. The lowest BCUT2D eigenvalue weighted by atomic mass is 9.91. The van der Waals surface area contributed by atoms with Crippen LogP contribution < -0.4 is 10.2 Å². The van der Waals surface area contributed by atoms with Crippen molar-refractivity contribution in [2.75, 3.05) is 31.6 Å². The summed E-state index contributed by atoms with van der Waals surface area (Å²) in [7, 11) is 4.02. The van der Waals surface area contributed by atoms with Gasteiger partial charge in [-0.2, -0.15) is 5.10 Å². The van der Waals surface area contributed by atoms with Crippen LogP contribution in [0.25, 0.3) is 42.8 Å². The number of ether oxygens (including phenoxy) is 2. The zero-order chi connectivity index (χ0) is 32.0. The average Bonchev–Trinajstić information content (AvgIpc) is 3.72. The molecule has 3 heterocycles. The zero-order valence-corrected chi connectivity index (χ0v) is 28.5. The summed E-state index contributed by atoms with van der Waals surface area (Å²) in [6.07, 6.45) is 0.175. The molecule has 1 aliphatic rings. The molecule has 0 amide bonds. The molecule has 6 rings (SSSR count). The number of likely N-dealkylation sites (N-methyl/N-ethyl adjacent to an activating group) is 1. The molecule has 1 fully saturated rings. The highest BCUT2D eigenvalue weighted by molar-refractivity contribution is 7.22. The SMILES string of the molecule is CCOC(=O)[C@@H](OC(C)(C)C)c1c(C)cc2nc(-c3ccc4c(c3)c(N3CC[C@@H](NC)C3)nn4C)sc2c1-c1ccc(Cl)cc1. The Hall–Kier alpha value is -3.50.